The van der Waals surface area contributed by atoms with Gasteiger partial charge in [0.1, 0.15) is 5.54 Å². The van der Waals surface area contributed by atoms with E-state index in [1.807, 2.05) is 6.07 Å². The Labute approximate surface area is 104 Å². The van der Waals surface area contributed by atoms with Gasteiger partial charge >= 0.3 is 0 Å². The molecule has 0 unspecified atom stereocenters. The molecule has 0 saturated carbocycles. The standard InChI is InChI=1S/C11H10Cl2N2O/c1-11(2,6-14)15-10(16)8-5-7(12)3-4-9(8)13/h3-5H,1-2H3,(H,15,16). The highest BCUT2D eigenvalue weighted by atomic mass is 35.5. The lowest BCUT2D eigenvalue weighted by Crippen LogP contribution is -2.42. The minimum Gasteiger partial charge on any atom is -0.334 e. The summed E-state index contributed by atoms with van der Waals surface area (Å²) >= 11 is 11.6. The van der Waals surface area contributed by atoms with E-state index in [0.717, 1.165) is 0 Å². The lowest BCUT2D eigenvalue weighted by atomic mass is 10.1. The van der Waals surface area contributed by atoms with Crippen molar-refractivity contribution < 1.29 is 4.79 Å². The number of nitrogens with zero attached hydrogens (tertiary/aromatic N) is 1. The summed E-state index contributed by atoms with van der Waals surface area (Å²) < 4.78 is 0. The van der Waals surface area contributed by atoms with Crippen molar-refractivity contribution in [3.05, 3.63) is 33.8 Å². The van der Waals surface area contributed by atoms with Crippen LogP contribution < -0.4 is 5.32 Å². The monoisotopic (exact) mass is 256 g/mol. The second-order valence-electron chi connectivity index (χ2n) is 3.82. The van der Waals surface area contributed by atoms with Crippen LogP contribution in [-0.4, -0.2) is 11.4 Å². The van der Waals surface area contributed by atoms with Gasteiger partial charge in [-0.05, 0) is 32.0 Å². The van der Waals surface area contributed by atoms with Gasteiger partial charge in [-0.1, -0.05) is 23.2 Å². The summed E-state index contributed by atoms with van der Waals surface area (Å²) in [6.45, 7) is 3.20. The van der Waals surface area contributed by atoms with E-state index >= 15 is 0 Å². The van der Waals surface area contributed by atoms with Gasteiger partial charge < -0.3 is 5.32 Å². The van der Waals surface area contributed by atoms with E-state index < -0.39 is 11.4 Å². The van der Waals surface area contributed by atoms with Crippen LogP contribution in [0.3, 0.4) is 0 Å². The van der Waals surface area contributed by atoms with Crippen molar-refractivity contribution in [3.63, 3.8) is 0 Å². The Morgan fingerprint density at radius 3 is 2.62 bits per heavy atom. The van der Waals surface area contributed by atoms with Crippen LogP contribution in [-0.2, 0) is 0 Å². The Hall–Kier alpha value is -1.24. The number of hydrogen-bond donors (Lipinski definition) is 1. The van der Waals surface area contributed by atoms with Crippen LogP contribution in [0.15, 0.2) is 18.2 Å². The molecular formula is C11H10Cl2N2O. The maximum atomic E-state index is 11.8. The molecule has 1 amide bonds. The molecule has 0 aliphatic rings. The molecule has 1 rings (SSSR count). The van der Waals surface area contributed by atoms with Crippen LogP contribution >= 0.6 is 23.2 Å². The Bertz CT molecular complexity index is 464. The minimum atomic E-state index is -0.942. The Morgan fingerprint density at radius 2 is 2.06 bits per heavy atom. The van der Waals surface area contributed by atoms with Crippen LogP contribution in [0.25, 0.3) is 0 Å². The zero-order chi connectivity index (χ0) is 12.3. The average Bonchev–Trinajstić information content (AvgIpc) is 2.21. The van der Waals surface area contributed by atoms with Crippen LogP contribution in [0.5, 0.6) is 0 Å². The zero-order valence-electron chi connectivity index (χ0n) is 8.84. The summed E-state index contributed by atoms with van der Waals surface area (Å²) in [4.78, 5) is 11.8. The quantitative estimate of drug-likeness (QED) is 0.885. The number of carbonyl (C=O) groups excluding carboxylic acids is 1. The Balaban J connectivity index is 2.98. The molecule has 1 aromatic rings. The Kier molecular flexibility index (Phi) is 3.79. The van der Waals surface area contributed by atoms with Gasteiger partial charge in [0.05, 0.1) is 16.7 Å². The molecule has 0 spiro atoms. The number of benzene rings is 1. The van der Waals surface area contributed by atoms with E-state index in [2.05, 4.69) is 5.32 Å². The fraction of sp³-hybridized carbons (Fsp3) is 0.273. The van der Waals surface area contributed by atoms with Crippen LogP contribution in [0.2, 0.25) is 10.0 Å². The molecule has 0 aliphatic heterocycles. The van der Waals surface area contributed by atoms with E-state index in [-0.39, 0.29) is 5.56 Å². The second kappa shape index (κ2) is 4.73. The van der Waals surface area contributed by atoms with Crippen molar-refractivity contribution in [1.82, 2.24) is 5.32 Å². The lowest BCUT2D eigenvalue weighted by Gasteiger charge is -2.17. The number of nitrogens with one attached hydrogen (secondary N) is 1. The van der Waals surface area contributed by atoms with E-state index in [0.29, 0.717) is 10.0 Å². The summed E-state index contributed by atoms with van der Waals surface area (Å²) in [7, 11) is 0. The molecule has 0 heterocycles. The molecule has 5 heteroatoms. The first-order chi connectivity index (χ1) is 7.35. The van der Waals surface area contributed by atoms with Crippen molar-refractivity contribution in [3.8, 4) is 6.07 Å². The normalized spacial score (nSPS) is 10.7. The van der Waals surface area contributed by atoms with Crippen molar-refractivity contribution >= 4 is 29.1 Å². The SMILES string of the molecule is CC(C)(C#N)NC(=O)c1cc(Cl)ccc1Cl. The highest BCUT2D eigenvalue weighted by Crippen LogP contribution is 2.21. The van der Waals surface area contributed by atoms with Gasteiger partial charge in [0, 0.05) is 5.02 Å². The molecule has 1 aromatic carbocycles. The predicted octanol–water partition coefficient (Wildman–Crippen LogP) is 3.03. The van der Waals surface area contributed by atoms with Crippen LogP contribution in [0, 0.1) is 11.3 Å². The lowest BCUT2D eigenvalue weighted by molar-refractivity contribution is 0.0929. The number of nitriles is 1. The van der Waals surface area contributed by atoms with E-state index in [1.165, 1.54) is 12.1 Å². The van der Waals surface area contributed by atoms with Gasteiger partial charge in [-0.2, -0.15) is 5.26 Å². The van der Waals surface area contributed by atoms with Crippen molar-refractivity contribution in [2.24, 2.45) is 0 Å². The molecule has 1 N–H and O–H groups in total. The number of hydrogen-bond acceptors (Lipinski definition) is 2. The molecule has 16 heavy (non-hydrogen) atoms. The molecule has 3 nitrogen and oxygen atoms in total. The first kappa shape index (κ1) is 12.8. The average molecular weight is 257 g/mol. The van der Waals surface area contributed by atoms with Gasteiger partial charge in [-0.15, -0.1) is 0 Å². The summed E-state index contributed by atoms with van der Waals surface area (Å²) in [5.41, 5.74) is -0.680. The highest BCUT2D eigenvalue weighted by molar-refractivity contribution is 6.35. The smallest absolute Gasteiger partial charge is 0.254 e. The van der Waals surface area contributed by atoms with Gasteiger partial charge in [-0.3, -0.25) is 4.79 Å². The van der Waals surface area contributed by atoms with E-state index in [9.17, 15) is 4.79 Å². The first-order valence-electron chi connectivity index (χ1n) is 4.54. The fourth-order valence-electron chi connectivity index (χ4n) is 1.05. The van der Waals surface area contributed by atoms with Gasteiger partial charge in [-0.25, -0.2) is 0 Å². The highest BCUT2D eigenvalue weighted by Gasteiger charge is 2.21. The Morgan fingerprint density at radius 1 is 1.44 bits per heavy atom. The molecule has 0 aromatic heterocycles. The maximum Gasteiger partial charge on any atom is 0.254 e. The summed E-state index contributed by atoms with van der Waals surface area (Å²) in [5.74, 6) is -0.418. The zero-order valence-corrected chi connectivity index (χ0v) is 10.4. The first-order valence-corrected chi connectivity index (χ1v) is 5.30. The number of carbonyl (C=O) groups is 1. The number of amides is 1. The molecular weight excluding hydrogens is 247 g/mol. The molecule has 0 aliphatic carbocycles. The summed E-state index contributed by atoms with van der Waals surface area (Å²) in [6, 6.07) is 6.57. The van der Waals surface area contributed by atoms with Gasteiger partial charge in [0.25, 0.3) is 5.91 Å². The van der Waals surface area contributed by atoms with E-state index in [4.69, 9.17) is 28.5 Å². The molecule has 84 valence electrons. The number of rotatable bonds is 2. The predicted molar refractivity (Wildman–Crippen MR) is 63.6 cm³/mol. The summed E-state index contributed by atoms with van der Waals surface area (Å²) in [6.07, 6.45) is 0. The fourth-order valence-corrected chi connectivity index (χ4v) is 1.43. The minimum absolute atomic E-state index is 0.262. The third-order valence-corrected chi connectivity index (χ3v) is 2.44. The third-order valence-electron chi connectivity index (χ3n) is 1.88. The molecule has 0 fully saturated rings. The number of halogens is 2. The third kappa shape index (κ3) is 3.13. The largest absolute Gasteiger partial charge is 0.334 e. The second-order valence-corrected chi connectivity index (χ2v) is 4.66. The summed E-state index contributed by atoms with van der Waals surface area (Å²) in [5, 5.41) is 12.1. The topological polar surface area (TPSA) is 52.9 Å². The van der Waals surface area contributed by atoms with Crippen molar-refractivity contribution in [2.45, 2.75) is 19.4 Å². The van der Waals surface area contributed by atoms with Gasteiger partial charge in [0.2, 0.25) is 0 Å². The van der Waals surface area contributed by atoms with Crippen LogP contribution in [0.4, 0.5) is 0 Å². The molecule has 0 saturated heterocycles. The van der Waals surface area contributed by atoms with Gasteiger partial charge in [0.15, 0.2) is 0 Å². The van der Waals surface area contributed by atoms with Crippen molar-refractivity contribution in [2.75, 3.05) is 0 Å². The maximum absolute atomic E-state index is 11.8. The van der Waals surface area contributed by atoms with E-state index in [1.54, 1.807) is 19.9 Å². The van der Waals surface area contributed by atoms with Crippen LogP contribution in [0.1, 0.15) is 24.2 Å². The molecule has 0 atom stereocenters. The molecule has 0 bridgehead atoms. The molecule has 0 radical (unpaired) electrons. The van der Waals surface area contributed by atoms with Crippen molar-refractivity contribution in [1.29, 1.82) is 5.26 Å².